The van der Waals surface area contributed by atoms with E-state index in [9.17, 15) is 29.7 Å². The minimum absolute atomic E-state index is 0.0182. The Morgan fingerprint density at radius 3 is 2.38 bits per heavy atom. The van der Waals surface area contributed by atoms with Crippen LogP contribution in [-0.4, -0.2) is 111 Å². The molecule has 73 heavy (non-hydrogen) atoms. The first-order valence-electron chi connectivity index (χ1n) is 25.6. The molecule has 17 heteroatoms. The van der Waals surface area contributed by atoms with E-state index in [1.807, 2.05) is 76.1 Å². The lowest BCUT2D eigenvalue weighted by Crippen LogP contribution is -2.43. The van der Waals surface area contributed by atoms with Crippen molar-refractivity contribution in [2.24, 2.45) is 51.2 Å². The number of phenolic OH excluding ortho intramolecular Hbond substituents is 2. The number of hydrazine groups is 1. The smallest absolute Gasteiger partial charge is 0.327 e. The number of piperidine rings is 1. The molecule has 1 fully saturated rings. The minimum Gasteiger partial charge on any atom is -0.507 e. The van der Waals surface area contributed by atoms with Gasteiger partial charge in [0.1, 0.15) is 35.2 Å². The number of aliphatic hydroxyl groups is 1. The number of likely N-dealkylation sites (N-methyl/N-ethyl adjacent to an activating group) is 1. The number of amides is 1. The zero-order chi connectivity index (χ0) is 53.1. The van der Waals surface area contributed by atoms with Crippen LogP contribution in [0.1, 0.15) is 103 Å². The number of nitrogens with zero attached hydrogens (tertiary/aromatic N) is 5. The van der Waals surface area contributed by atoms with Crippen molar-refractivity contribution in [1.29, 1.82) is 0 Å². The number of ether oxygens (including phenoxy) is 3. The largest absolute Gasteiger partial charge is 0.507 e. The van der Waals surface area contributed by atoms with E-state index in [1.54, 1.807) is 32.1 Å². The first-order valence-corrected chi connectivity index (χ1v) is 25.6. The number of benzene rings is 3. The molecule has 394 valence electrons. The molecule has 7 atom stereocenters. The predicted octanol–water partition coefficient (Wildman–Crippen LogP) is 6.24. The number of nitrogens with two attached hydrogens (primary N) is 2. The van der Waals surface area contributed by atoms with Gasteiger partial charge in [-0.2, -0.15) is 0 Å². The highest BCUT2D eigenvalue weighted by Gasteiger charge is 2.50. The lowest BCUT2D eigenvalue weighted by molar-refractivity contribution is -0.159. The topological polar surface area (TPSA) is 238 Å². The van der Waals surface area contributed by atoms with E-state index in [4.69, 9.17) is 35.8 Å². The second-order valence-corrected chi connectivity index (χ2v) is 21.5. The van der Waals surface area contributed by atoms with Crippen LogP contribution in [0.15, 0.2) is 88.4 Å². The summed E-state index contributed by atoms with van der Waals surface area (Å²) in [7, 11) is 1.94. The average molecular weight is 1010 g/mol. The van der Waals surface area contributed by atoms with E-state index in [0.29, 0.717) is 69.1 Å². The number of aromatic hydroxyl groups is 2. The third kappa shape index (κ3) is 12.1. The Morgan fingerprint density at radius 1 is 1.01 bits per heavy atom. The van der Waals surface area contributed by atoms with Crippen LogP contribution < -0.4 is 32.3 Å². The zero-order valence-electron chi connectivity index (χ0n) is 44.1. The number of carbonyl (C=O) groups excluding carboxylic acids is 3. The van der Waals surface area contributed by atoms with Crippen LogP contribution in [0.25, 0.3) is 10.8 Å². The van der Waals surface area contributed by atoms with Crippen molar-refractivity contribution in [2.45, 2.75) is 118 Å². The number of ketones is 1. The standard InChI is InChI=1S/C56H76N8O9/c1-32(2)27-63-23-21-56(22-24-63)60-45-42-43-49(67)38(8)52-44(42)53(69)55(9,73-52)71-25-15-18-34(4)51(72-41(65)31-64(58)30-40(57)29-62(10)28-39-19-12-11-13-20-39)37(7)48(66)36(6)26-33(3)16-14-17-35(5)54(70)59-47(50(43)68)46(45)61-56/h11-17,19-20,25,30,32-34,36-37,48,51,66-68H,18,21-24,26-29,31,57-58H2,1-10H3,(H,59,70)/b16-14+,25-15+,35-17-,40-30-/t33?,34-,36-,37-,48?,51-,55?/m1/s1. The van der Waals surface area contributed by atoms with E-state index in [-0.39, 0.29) is 74.1 Å². The first-order chi connectivity index (χ1) is 34.5. The molecular formula is C56H76N8O9. The zero-order valence-corrected chi connectivity index (χ0v) is 44.1. The Labute approximate surface area is 428 Å². The molecule has 0 radical (unpaired) electrons. The molecule has 0 aromatic heterocycles. The van der Waals surface area contributed by atoms with Crippen molar-refractivity contribution in [2.75, 3.05) is 45.1 Å². The van der Waals surface area contributed by atoms with Crippen LogP contribution in [0.5, 0.6) is 17.2 Å². The number of phenols is 2. The second kappa shape index (κ2) is 22.5. The summed E-state index contributed by atoms with van der Waals surface area (Å²) in [5.74, 6) is 1.21. The molecule has 3 unspecified atom stereocenters. The number of rotatable bonds is 10. The van der Waals surface area contributed by atoms with Gasteiger partial charge >= 0.3 is 11.8 Å². The SMILES string of the molecule is C/C1=C/C=C/C(C)C[C@@H](C)C(O)[C@@H](C)[C@H](OC(=O)CN(N)/C=C(\N)CN(C)Cc2ccccc2)[C@H](C)C/C=C/OC2(C)Oc3c(C)c(O)c4c(O)c(c5c(c4c3C2=O)=NC2(CCN(CC(C)C)CC2)N=5)NC1=O. The quantitative estimate of drug-likeness (QED) is 0.0571. The van der Waals surface area contributed by atoms with Gasteiger partial charge in [-0.05, 0) is 69.0 Å². The summed E-state index contributed by atoms with van der Waals surface area (Å²) >= 11 is 0. The van der Waals surface area contributed by atoms with Gasteiger partial charge in [-0.25, -0.2) is 5.84 Å². The number of hydrogen-bond donors (Lipinski definition) is 6. The molecule has 0 aliphatic carbocycles. The van der Waals surface area contributed by atoms with Crippen molar-refractivity contribution >= 4 is 34.1 Å². The van der Waals surface area contributed by atoms with Gasteiger partial charge in [0.25, 0.3) is 11.7 Å². The summed E-state index contributed by atoms with van der Waals surface area (Å²) in [6.07, 6.45) is 10.3. The summed E-state index contributed by atoms with van der Waals surface area (Å²) in [6, 6.07) is 9.98. The Hall–Kier alpha value is -6.27. The van der Waals surface area contributed by atoms with Crippen LogP contribution in [-0.2, 0) is 25.6 Å². The van der Waals surface area contributed by atoms with Gasteiger partial charge in [0, 0.05) is 86.8 Å². The Bertz CT molecular complexity index is 2820. The van der Waals surface area contributed by atoms with Crippen molar-refractivity contribution in [3.8, 4) is 17.2 Å². The van der Waals surface area contributed by atoms with Gasteiger partial charge in [-0.3, -0.25) is 29.3 Å². The Kier molecular flexibility index (Phi) is 16.8. The van der Waals surface area contributed by atoms with Gasteiger partial charge in [-0.15, -0.1) is 0 Å². The van der Waals surface area contributed by atoms with E-state index >= 15 is 0 Å². The molecular weight excluding hydrogens is 929 g/mol. The Morgan fingerprint density at radius 2 is 1.70 bits per heavy atom. The first kappa shape index (κ1) is 54.5. The molecule has 3 aromatic rings. The normalized spacial score (nSPS) is 27.4. The van der Waals surface area contributed by atoms with E-state index in [1.165, 1.54) is 24.4 Å². The fourth-order valence-electron chi connectivity index (χ4n) is 10.7. The fraction of sp³-hybridized carbons (Fsp3) is 0.518. The lowest BCUT2D eigenvalue weighted by atomic mass is 9.80. The fourth-order valence-corrected chi connectivity index (χ4v) is 10.7. The molecule has 5 heterocycles. The average Bonchev–Trinajstić information content (AvgIpc) is 3.83. The molecule has 5 aliphatic rings. The van der Waals surface area contributed by atoms with Gasteiger partial charge in [0.05, 0.1) is 28.7 Å². The monoisotopic (exact) mass is 1000 g/mol. The summed E-state index contributed by atoms with van der Waals surface area (Å²) < 4.78 is 18.7. The molecule has 5 bridgehead atoms. The van der Waals surface area contributed by atoms with Gasteiger partial charge in [0.2, 0.25) is 0 Å². The van der Waals surface area contributed by atoms with E-state index in [2.05, 4.69) is 24.1 Å². The Balaban J connectivity index is 1.21. The number of nitrogens with one attached hydrogen (secondary N) is 1. The van der Waals surface area contributed by atoms with Crippen LogP contribution in [0.4, 0.5) is 5.69 Å². The van der Waals surface area contributed by atoms with E-state index in [0.717, 1.165) is 12.1 Å². The molecule has 3 aromatic carbocycles. The maximum Gasteiger partial charge on any atom is 0.327 e. The van der Waals surface area contributed by atoms with Crippen molar-refractivity contribution in [3.63, 3.8) is 0 Å². The summed E-state index contributed by atoms with van der Waals surface area (Å²) in [5.41, 5.74) is 7.53. The number of allylic oxidation sites excluding steroid dienone is 4. The third-order valence-corrected chi connectivity index (χ3v) is 14.6. The van der Waals surface area contributed by atoms with Gasteiger partial charge < -0.3 is 50.5 Å². The van der Waals surface area contributed by atoms with Crippen LogP contribution in [0.3, 0.4) is 0 Å². The predicted molar refractivity (Wildman–Crippen MR) is 280 cm³/mol. The highest BCUT2D eigenvalue weighted by atomic mass is 16.7. The minimum atomic E-state index is -1.92. The third-order valence-electron chi connectivity index (χ3n) is 14.6. The number of Topliss-reactive ketones (excluding diaryl/α,β-unsaturated/α-hetero) is 1. The molecule has 8 rings (SSSR count). The van der Waals surface area contributed by atoms with Gasteiger partial charge in [0.15, 0.2) is 11.4 Å². The van der Waals surface area contributed by atoms with Crippen LogP contribution in [0.2, 0.25) is 0 Å². The molecule has 17 nitrogen and oxygen atoms in total. The molecule has 8 N–H and O–H groups in total. The maximum absolute atomic E-state index is 14.8. The maximum atomic E-state index is 14.8. The summed E-state index contributed by atoms with van der Waals surface area (Å²) in [5, 5.41) is 40.6. The van der Waals surface area contributed by atoms with Crippen molar-refractivity contribution < 1.29 is 43.9 Å². The number of likely N-dealkylation sites (tertiary alicyclic amines) is 1. The van der Waals surface area contributed by atoms with Crippen molar-refractivity contribution in [3.05, 3.63) is 106 Å². The lowest BCUT2D eigenvalue weighted by Gasteiger charge is -2.36. The number of anilines is 1. The van der Waals surface area contributed by atoms with Crippen LogP contribution >= 0.6 is 0 Å². The number of hydrogen-bond acceptors (Lipinski definition) is 16. The highest BCUT2D eigenvalue weighted by Crippen LogP contribution is 2.50. The summed E-state index contributed by atoms with van der Waals surface area (Å²) in [4.78, 5) is 57.3. The number of carbonyl (C=O) groups is 3. The van der Waals surface area contributed by atoms with Gasteiger partial charge in [-0.1, -0.05) is 90.1 Å². The summed E-state index contributed by atoms with van der Waals surface area (Å²) in [6.45, 7) is 19.9. The molecule has 1 spiro atoms. The van der Waals surface area contributed by atoms with Crippen molar-refractivity contribution in [1.82, 2.24) is 14.8 Å². The van der Waals surface area contributed by atoms with E-state index < -0.39 is 53.0 Å². The molecule has 5 aliphatic heterocycles. The second-order valence-electron chi connectivity index (χ2n) is 21.5. The number of esters is 1. The molecule has 1 amide bonds. The number of fused-ring (bicyclic) bond motifs is 13. The number of aliphatic hydroxyl groups excluding tert-OH is 1. The molecule has 1 saturated heterocycles. The van der Waals surface area contributed by atoms with Crippen LogP contribution in [0, 0.1) is 36.5 Å². The molecule has 0 saturated carbocycles. The highest BCUT2D eigenvalue weighted by molar-refractivity contribution is 6.19.